The van der Waals surface area contributed by atoms with Crippen molar-refractivity contribution in [2.45, 2.75) is 20.4 Å². The van der Waals surface area contributed by atoms with Gasteiger partial charge in [-0.15, -0.1) is 0 Å². The summed E-state index contributed by atoms with van der Waals surface area (Å²) < 4.78 is 0. The van der Waals surface area contributed by atoms with Crippen LogP contribution in [0, 0.1) is 12.8 Å². The maximum atomic E-state index is 11.4. The quantitative estimate of drug-likeness (QED) is 0.833. The Morgan fingerprint density at radius 2 is 2.17 bits per heavy atom. The van der Waals surface area contributed by atoms with E-state index in [4.69, 9.17) is 0 Å². The highest BCUT2D eigenvalue weighted by Gasteiger charge is 2.14. The van der Waals surface area contributed by atoms with E-state index in [1.54, 1.807) is 7.05 Å². The molecule has 0 aromatic heterocycles. The first kappa shape index (κ1) is 14.5. The number of para-hydroxylation sites is 1. The lowest BCUT2D eigenvalue weighted by molar-refractivity contribution is -0.124. The zero-order valence-electron chi connectivity index (χ0n) is 11.5. The molecule has 1 rings (SSSR count). The second-order valence-electron chi connectivity index (χ2n) is 4.79. The topological polar surface area (TPSA) is 52.6 Å². The number of phenolic OH excluding ortho intramolecular Hbond substituents is 1. The third-order valence-electron chi connectivity index (χ3n) is 3.04. The summed E-state index contributed by atoms with van der Waals surface area (Å²) >= 11 is 0. The summed E-state index contributed by atoms with van der Waals surface area (Å²) in [5.74, 6) is 0.319. The molecule has 0 saturated heterocycles. The first-order chi connectivity index (χ1) is 8.45. The van der Waals surface area contributed by atoms with Crippen LogP contribution in [0.5, 0.6) is 5.75 Å². The van der Waals surface area contributed by atoms with E-state index in [2.05, 4.69) is 5.32 Å². The molecule has 1 amide bonds. The second kappa shape index (κ2) is 6.40. The molecule has 0 bridgehead atoms. The van der Waals surface area contributed by atoms with E-state index in [9.17, 15) is 9.90 Å². The average molecular weight is 250 g/mol. The van der Waals surface area contributed by atoms with E-state index in [0.29, 0.717) is 18.8 Å². The molecule has 0 saturated carbocycles. The molecular weight excluding hydrogens is 228 g/mol. The lowest BCUT2D eigenvalue weighted by Gasteiger charge is -2.21. The normalized spacial score (nSPS) is 12.5. The molecule has 1 unspecified atom stereocenters. The van der Waals surface area contributed by atoms with Crippen molar-refractivity contribution in [1.29, 1.82) is 0 Å². The number of aryl methyl sites for hydroxylation is 1. The van der Waals surface area contributed by atoms with Crippen molar-refractivity contribution in [3.05, 3.63) is 29.3 Å². The van der Waals surface area contributed by atoms with Crippen molar-refractivity contribution < 1.29 is 9.90 Å². The van der Waals surface area contributed by atoms with Gasteiger partial charge in [0.05, 0.1) is 0 Å². The van der Waals surface area contributed by atoms with Crippen molar-refractivity contribution >= 4 is 5.91 Å². The van der Waals surface area contributed by atoms with Crippen LogP contribution in [-0.2, 0) is 11.3 Å². The first-order valence-corrected chi connectivity index (χ1v) is 6.13. The van der Waals surface area contributed by atoms with Gasteiger partial charge in [-0.25, -0.2) is 0 Å². The molecule has 0 spiro atoms. The summed E-state index contributed by atoms with van der Waals surface area (Å²) in [4.78, 5) is 13.5. The molecule has 0 fully saturated rings. The molecule has 1 aromatic rings. The van der Waals surface area contributed by atoms with Crippen LogP contribution in [0.15, 0.2) is 18.2 Å². The van der Waals surface area contributed by atoms with Crippen molar-refractivity contribution in [2.24, 2.45) is 5.92 Å². The molecule has 0 aliphatic carbocycles. The molecule has 4 nitrogen and oxygen atoms in total. The number of nitrogens with zero attached hydrogens (tertiary/aromatic N) is 1. The Balaban J connectivity index is 2.62. The van der Waals surface area contributed by atoms with Gasteiger partial charge in [-0.05, 0) is 19.5 Å². The van der Waals surface area contributed by atoms with Crippen molar-refractivity contribution in [3.63, 3.8) is 0 Å². The van der Waals surface area contributed by atoms with Gasteiger partial charge in [0.15, 0.2) is 0 Å². The summed E-state index contributed by atoms with van der Waals surface area (Å²) in [6, 6.07) is 5.72. The zero-order chi connectivity index (χ0) is 13.7. The summed E-state index contributed by atoms with van der Waals surface area (Å²) in [6.07, 6.45) is 0. The van der Waals surface area contributed by atoms with Crippen LogP contribution < -0.4 is 5.32 Å². The number of rotatable bonds is 5. The number of carbonyl (C=O) groups excluding carboxylic acids is 1. The standard InChI is InChI=1S/C14H22N2O2/c1-10-6-5-7-12(13(10)17)9-16(4)8-11(2)14(18)15-3/h5-7,11,17H,8-9H2,1-4H3,(H,15,18). The van der Waals surface area contributed by atoms with Crippen molar-refractivity contribution in [3.8, 4) is 5.75 Å². The van der Waals surface area contributed by atoms with Crippen LogP contribution >= 0.6 is 0 Å². The van der Waals surface area contributed by atoms with Gasteiger partial charge in [-0.3, -0.25) is 4.79 Å². The number of phenols is 1. The fourth-order valence-corrected chi connectivity index (χ4v) is 2.00. The number of benzene rings is 1. The minimum Gasteiger partial charge on any atom is -0.507 e. The first-order valence-electron chi connectivity index (χ1n) is 6.13. The third kappa shape index (κ3) is 3.74. The number of nitrogens with one attached hydrogen (secondary N) is 1. The van der Waals surface area contributed by atoms with Crippen LogP contribution in [0.1, 0.15) is 18.1 Å². The molecule has 1 aromatic carbocycles. The predicted molar refractivity (Wildman–Crippen MR) is 72.4 cm³/mol. The van der Waals surface area contributed by atoms with E-state index >= 15 is 0 Å². The molecule has 0 aliphatic rings. The molecule has 1 atom stereocenters. The molecule has 0 heterocycles. The summed E-state index contributed by atoms with van der Waals surface area (Å²) in [5, 5.41) is 12.6. The van der Waals surface area contributed by atoms with Gasteiger partial charge in [-0.2, -0.15) is 0 Å². The van der Waals surface area contributed by atoms with Crippen LogP contribution in [0.3, 0.4) is 0 Å². The lowest BCUT2D eigenvalue weighted by atomic mass is 10.1. The highest BCUT2D eigenvalue weighted by Crippen LogP contribution is 2.22. The Kier molecular flexibility index (Phi) is 5.16. The summed E-state index contributed by atoms with van der Waals surface area (Å²) in [7, 11) is 3.59. The van der Waals surface area contributed by atoms with E-state index in [-0.39, 0.29) is 11.8 Å². The van der Waals surface area contributed by atoms with Gasteiger partial charge in [-0.1, -0.05) is 25.1 Å². The molecule has 100 valence electrons. The van der Waals surface area contributed by atoms with Crippen LogP contribution in [0.2, 0.25) is 0 Å². The van der Waals surface area contributed by atoms with E-state index in [0.717, 1.165) is 11.1 Å². The highest BCUT2D eigenvalue weighted by atomic mass is 16.3. The molecule has 2 N–H and O–H groups in total. The molecule has 4 heteroatoms. The van der Waals surface area contributed by atoms with E-state index in [1.165, 1.54) is 0 Å². The smallest absolute Gasteiger partial charge is 0.223 e. The fourth-order valence-electron chi connectivity index (χ4n) is 2.00. The van der Waals surface area contributed by atoms with Crippen LogP contribution in [-0.4, -0.2) is 36.6 Å². The minimum absolute atomic E-state index is 0.0373. The Hall–Kier alpha value is -1.55. The lowest BCUT2D eigenvalue weighted by Crippen LogP contribution is -2.34. The maximum absolute atomic E-state index is 11.4. The van der Waals surface area contributed by atoms with Gasteiger partial charge < -0.3 is 15.3 Å². The van der Waals surface area contributed by atoms with Crippen molar-refractivity contribution in [1.82, 2.24) is 10.2 Å². The van der Waals surface area contributed by atoms with Crippen LogP contribution in [0.25, 0.3) is 0 Å². The van der Waals surface area contributed by atoms with Gasteiger partial charge in [0.1, 0.15) is 5.75 Å². The van der Waals surface area contributed by atoms with E-state index in [1.807, 2.05) is 44.0 Å². The van der Waals surface area contributed by atoms with Crippen LogP contribution in [0.4, 0.5) is 0 Å². The van der Waals surface area contributed by atoms with Gasteiger partial charge in [0, 0.05) is 31.6 Å². The second-order valence-corrected chi connectivity index (χ2v) is 4.79. The number of amides is 1. The van der Waals surface area contributed by atoms with Gasteiger partial charge in [0.2, 0.25) is 5.91 Å². The fraction of sp³-hybridized carbons (Fsp3) is 0.500. The minimum atomic E-state index is -0.0630. The molecule has 18 heavy (non-hydrogen) atoms. The maximum Gasteiger partial charge on any atom is 0.223 e. The number of aromatic hydroxyl groups is 1. The third-order valence-corrected chi connectivity index (χ3v) is 3.04. The largest absolute Gasteiger partial charge is 0.507 e. The molecule has 0 aliphatic heterocycles. The highest BCUT2D eigenvalue weighted by molar-refractivity contribution is 5.78. The summed E-state index contributed by atoms with van der Waals surface area (Å²) in [5.41, 5.74) is 1.77. The predicted octanol–water partition coefficient (Wildman–Crippen LogP) is 1.51. The average Bonchev–Trinajstić information content (AvgIpc) is 2.33. The SMILES string of the molecule is CNC(=O)C(C)CN(C)Cc1cccc(C)c1O. The van der Waals surface area contributed by atoms with Gasteiger partial charge in [0.25, 0.3) is 0 Å². The Bertz CT molecular complexity index is 418. The number of carbonyl (C=O) groups is 1. The Morgan fingerprint density at radius 3 is 2.78 bits per heavy atom. The monoisotopic (exact) mass is 250 g/mol. The van der Waals surface area contributed by atoms with Gasteiger partial charge >= 0.3 is 0 Å². The Morgan fingerprint density at radius 1 is 1.50 bits per heavy atom. The molecular formula is C14H22N2O2. The summed E-state index contributed by atoms with van der Waals surface area (Å²) in [6.45, 7) is 5.07. The number of hydrogen-bond donors (Lipinski definition) is 2. The van der Waals surface area contributed by atoms with E-state index < -0.39 is 0 Å². The molecule has 0 radical (unpaired) electrons. The van der Waals surface area contributed by atoms with Crippen molar-refractivity contribution in [2.75, 3.05) is 20.6 Å². The Labute approximate surface area is 109 Å². The number of hydrogen-bond acceptors (Lipinski definition) is 3. The zero-order valence-corrected chi connectivity index (χ0v) is 11.5.